The minimum atomic E-state index is -4.65. The van der Waals surface area contributed by atoms with Crippen molar-refractivity contribution in [2.45, 2.75) is 55.1 Å². The Morgan fingerprint density at radius 2 is 1.88 bits per heavy atom. The molecule has 12 heteroatoms. The number of nitrogens with zero attached hydrogens (tertiary/aromatic N) is 1. The van der Waals surface area contributed by atoms with Gasteiger partial charge in [-0.2, -0.15) is 13.2 Å². The second kappa shape index (κ2) is 12.5. The number of hydrogen-bond donors (Lipinski definition) is 5. The Kier molecular flexibility index (Phi) is 9.34. The zero-order chi connectivity index (χ0) is 28.9. The van der Waals surface area contributed by atoms with E-state index in [1.54, 1.807) is 59.5 Å². The summed E-state index contributed by atoms with van der Waals surface area (Å²) < 4.78 is 45.8. The topological polar surface area (TPSA) is 137 Å². The fourth-order valence-electron chi connectivity index (χ4n) is 5.86. The molecule has 1 fully saturated rings. The van der Waals surface area contributed by atoms with Gasteiger partial charge in [-0.05, 0) is 18.1 Å². The van der Waals surface area contributed by atoms with E-state index in [1.807, 2.05) is 0 Å². The lowest BCUT2D eigenvalue weighted by molar-refractivity contribution is -0.152. The number of rotatable bonds is 10. The van der Waals surface area contributed by atoms with Crippen LogP contribution in [0, 0.1) is 0 Å². The van der Waals surface area contributed by atoms with Gasteiger partial charge in [-0.1, -0.05) is 48.5 Å². The molecule has 0 saturated carbocycles. The van der Waals surface area contributed by atoms with Crippen LogP contribution in [-0.4, -0.2) is 89.7 Å². The lowest BCUT2D eigenvalue weighted by atomic mass is 9.69. The van der Waals surface area contributed by atoms with Crippen LogP contribution in [0.3, 0.4) is 0 Å². The molecule has 3 unspecified atom stereocenters. The van der Waals surface area contributed by atoms with Gasteiger partial charge in [0.05, 0.1) is 12.2 Å². The van der Waals surface area contributed by atoms with Crippen molar-refractivity contribution < 1.29 is 37.7 Å². The van der Waals surface area contributed by atoms with E-state index >= 15 is 0 Å². The molecule has 2 aromatic carbocycles. The number of carbonyl (C=O) groups is 2. The Balaban J connectivity index is 1.84. The largest absolute Gasteiger partial charge is 0.491 e. The maximum atomic E-state index is 14.1. The first-order chi connectivity index (χ1) is 19.0. The second-order valence-corrected chi connectivity index (χ2v) is 10.4. The number of β-amino-alcohol motifs (C(OH)–C–C–N with tert-alkyl or cyclic N) is 1. The van der Waals surface area contributed by atoms with Crippen LogP contribution in [0.15, 0.2) is 54.6 Å². The minimum absolute atomic E-state index is 0.00994. The summed E-state index contributed by atoms with van der Waals surface area (Å²) >= 11 is 0. The first kappa shape index (κ1) is 29.8. The summed E-state index contributed by atoms with van der Waals surface area (Å²) in [5, 5.41) is 27.5. The summed E-state index contributed by atoms with van der Waals surface area (Å²) in [6, 6.07) is 15.1. The number of benzene rings is 2. The number of piperazine rings is 1. The van der Waals surface area contributed by atoms with Gasteiger partial charge < -0.3 is 31.3 Å². The molecule has 2 aromatic rings. The van der Waals surface area contributed by atoms with Crippen LogP contribution in [0.4, 0.5) is 13.2 Å². The van der Waals surface area contributed by atoms with Gasteiger partial charge in [-0.25, -0.2) is 0 Å². The number of alkyl halides is 3. The Morgan fingerprint density at radius 1 is 1.18 bits per heavy atom. The van der Waals surface area contributed by atoms with Crippen LogP contribution >= 0.6 is 0 Å². The molecule has 4 rings (SSSR count). The standard InChI is InChI=1S/C28H35F3N4O5/c29-28(30,31)17-34-26(39)27(14-18-6-2-1-3-7-18)25(24-20-8-4-5-9-22(20)40-16-21(24)37)33-12-13-35(27)15-19(36)10-11-23(32)38/h1-9,19,21,24-25,33,36-37H,10-17H2,(H2,32,38)(H,34,39)/t19?,21-,24-,25?,27?/m1/s1. The van der Waals surface area contributed by atoms with Gasteiger partial charge in [0.2, 0.25) is 11.8 Å². The molecule has 0 aromatic heterocycles. The molecule has 2 aliphatic heterocycles. The number of aliphatic hydroxyl groups excluding tert-OH is 2. The Bertz CT molecular complexity index is 1170. The number of amides is 2. The lowest BCUT2D eigenvalue weighted by Gasteiger charge is -2.55. The first-order valence-corrected chi connectivity index (χ1v) is 13.2. The van der Waals surface area contributed by atoms with Crippen LogP contribution in [0.2, 0.25) is 0 Å². The first-order valence-electron chi connectivity index (χ1n) is 13.2. The number of aliphatic hydroxyl groups is 2. The summed E-state index contributed by atoms with van der Waals surface area (Å²) in [6.45, 7) is -1.15. The summed E-state index contributed by atoms with van der Waals surface area (Å²) in [7, 11) is 0. The molecule has 9 nitrogen and oxygen atoms in total. The van der Waals surface area contributed by atoms with E-state index in [2.05, 4.69) is 10.6 Å². The van der Waals surface area contributed by atoms with E-state index in [0.717, 1.165) is 0 Å². The van der Waals surface area contributed by atoms with Gasteiger partial charge >= 0.3 is 6.18 Å². The molecular weight excluding hydrogens is 529 g/mol. The molecule has 40 heavy (non-hydrogen) atoms. The number of primary amides is 1. The van der Waals surface area contributed by atoms with Crippen molar-refractivity contribution in [3.63, 3.8) is 0 Å². The van der Waals surface area contributed by atoms with Crippen molar-refractivity contribution in [3.8, 4) is 5.75 Å². The fraction of sp³-hybridized carbons (Fsp3) is 0.500. The van der Waals surface area contributed by atoms with Crippen LogP contribution in [0.1, 0.15) is 29.9 Å². The molecule has 218 valence electrons. The van der Waals surface area contributed by atoms with E-state index in [-0.39, 0.29) is 39.0 Å². The number of hydrogen-bond acceptors (Lipinski definition) is 7. The zero-order valence-corrected chi connectivity index (χ0v) is 21.9. The SMILES string of the molecule is NC(=O)CCC(O)CN1CCNC([C@@H]2c3ccccc3OC[C@H]2O)C1(Cc1ccccc1)C(=O)NCC(F)(F)F. The predicted molar refractivity (Wildman–Crippen MR) is 140 cm³/mol. The molecule has 6 N–H and O–H groups in total. The predicted octanol–water partition coefficient (Wildman–Crippen LogP) is 1.08. The normalized spacial score (nSPS) is 25.9. The number of nitrogens with two attached hydrogens (primary N) is 1. The number of carbonyl (C=O) groups excluding carboxylic acids is 2. The molecule has 2 aliphatic rings. The highest BCUT2D eigenvalue weighted by atomic mass is 19.4. The van der Waals surface area contributed by atoms with E-state index in [9.17, 15) is 33.0 Å². The van der Waals surface area contributed by atoms with Gasteiger partial charge in [0, 0.05) is 50.0 Å². The highest BCUT2D eigenvalue weighted by Crippen LogP contribution is 2.43. The summed E-state index contributed by atoms with van der Waals surface area (Å²) in [5.41, 5.74) is 4.89. The lowest BCUT2D eigenvalue weighted by Crippen LogP contribution is -2.77. The van der Waals surface area contributed by atoms with E-state index in [4.69, 9.17) is 10.5 Å². The summed E-state index contributed by atoms with van der Waals surface area (Å²) in [6.07, 6.45) is -6.88. The monoisotopic (exact) mass is 564 g/mol. The molecule has 2 amide bonds. The quantitative estimate of drug-likeness (QED) is 0.291. The third-order valence-electron chi connectivity index (χ3n) is 7.60. The zero-order valence-electron chi connectivity index (χ0n) is 21.9. The maximum Gasteiger partial charge on any atom is 0.405 e. The number of nitrogens with one attached hydrogen (secondary N) is 2. The smallest absolute Gasteiger partial charge is 0.405 e. The van der Waals surface area contributed by atoms with Crippen LogP contribution in [0.25, 0.3) is 0 Å². The molecule has 2 heterocycles. The Morgan fingerprint density at radius 3 is 2.58 bits per heavy atom. The number of para-hydroxylation sites is 1. The van der Waals surface area contributed by atoms with Gasteiger partial charge in [-0.3, -0.25) is 14.5 Å². The van der Waals surface area contributed by atoms with Crippen molar-refractivity contribution in [3.05, 3.63) is 65.7 Å². The molecule has 1 saturated heterocycles. The third kappa shape index (κ3) is 6.74. The number of ether oxygens (including phenoxy) is 1. The van der Waals surface area contributed by atoms with Crippen LogP contribution in [-0.2, 0) is 16.0 Å². The van der Waals surface area contributed by atoms with Gasteiger partial charge in [0.15, 0.2) is 0 Å². The van der Waals surface area contributed by atoms with Crippen molar-refractivity contribution in [1.29, 1.82) is 0 Å². The van der Waals surface area contributed by atoms with Gasteiger partial charge in [-0.15, -0.1) is 0 Å². The average molecular weight is 565 g/mol. The molecule has 0 radical (unpaired) electrons. The number of fused-ring (bicyclic) bond motifs is 1. The van der Waals surface area contributed by atoms with Gasteiger partial charge in [0.25, 0.3) is 0 Å². The van der Waals surface area contributed by atoms with Crippen molar-refractivity contribution in [1.82, 2.24) is 15.5 Å². The number of halogens is 3. The van der Waals surface area contributed by atoms with Crippen LogP contribution in [0.5, 0.6) is 5.75 Å². The van der Waals surface area contributed by atoms with E-state index < -0.39 is 54.2 Å². The van der Waals surface area contributed by atoms with Crippen molar-refractivity contribution in [2.24, 2.45) is 5.73 Å². The van der Waals surface area contributed by atoms with E-state index in [0.29, 0.717) is 23.4 Å². The highest BCUT2D eigenvalue weighted by molar-refractivity contribution is 5.88. The van der Waals surface area contributed by atoms with E-state index in [1.165, 1.54) is 0 Å². The molecule has 0 aliphatic carbocycles. The Hall–Kier alpha value is -3.19. The van der Waals surface area contributed by atoms with Gasteiger partial charge in [0.1, 0.15) is 24.4 Å². The minimum Gasteiger partial charge on any atom is -0.491 e. The molecular formula is C28H35F3N4O5. The molecule has 5 atom stereocenters. The maximum absolute atomic E-state index is 14.1. The molecule has 0 bridgehead atoms. The summed E-state index contributed by atoms with van der Waals surface area (Å²) in [5.74, 6) is -1.69. The third-order valence-corrected chi connectivity index (χ3v) is 7.60. The second-order valence-electron chi connectivity index (χ2n) is 10.4. The fourth-order valence-corrected chi connectivity index (χ4v) is 5.86. The van der Waals surface area contributed by atoms with Crippen molar-refractivity contribution in [2.75, 3.05) is 32.8 Å². The van der Waals surface area contributed by atoms with Crippen molar-refractivity contribution >= 4 is 11.8 Å². The molecule has 0 spiro atoms. The highest BCUT2D eigenvalue weighted by Gasteiger charge is 2.57. The average Bonchev–Trinajstić information content (AvgIpc) is 2.92. The summed E-state index contributed by atoms with van der Waals surface area (Å²) in [4.78, 5) is 27.2. The van der Waals surface area contributed by atoms with Crippen LogP contribution < -0.4 is 21.1 Å². The Labute approximate surface area is 230 Å².